The SMILES string of the molecule is CCCN(CCC)Cc1c(O)cc(C)c(O)c1C. The van der Waals surface area contributed by atoms with Crippen LogP contribution in [0.3, 0.4) is 0 Å². The zero-order chi connectivity index (χ0) is 13.7. The van der Waals surface area contributed by atoms with Crippen molar-refractivity contribution in [1.82, 2.24) is 4.90 Å². The second-order valence-corrected chi connectivity index (χ2v) is 4.94. The first kappa shape index (κ1) is 14.8. The lowest BCUT2D eigenvalue weighted by molar-refractivity contribution is 0.261. The number of aromatic hydroxyl groups is 2. The predicted molar refractivity (Wildman–Crippen MR) is 75.1 cm³/mol. The summed E-state index contributed by atoms with van der Waals surface area (Å²) in [5, 5.41) is 20.0. The quantitative estimate of drug-likeness (QED) is 0.762. The van der Waals surface area contributed by atoms with Crippen molar-refractivity contribution in [2.75, 3.05) is 13.1 Å². The third kappa shape index (κ3) is 3.39. The molecule has 18 heavy (non-hydrogen) atoms. The van der Waals surface area contributed by atoms with Gasteiger partial charge in [0, 0.05) is 12.1 Å². The number of hydrogen-bond acceptors (Lipinski definition) is 3. The fourth-order valence-corrected chi connectivity index (χ4v) is 2.32. The summed E-state index contributed by atoms with van der Waals surface area (Å²) < 4.78 is 0. The predicted octanol–water partition coefficient (Wildman–Crippen LogP) is 3.34. The van der Waals surface area contributed by atoms with Crippen molar-refractivity contribution in [1.29, 1.82) is 0 Å². The normalized spacial score (nSPS) is 11.2. The van der Waals surface area contributed by atoms with Crippen molar-refractivity contribution < 1.29 is 10.2 Å². The molecule has 0 aliphatic rings. The molecule has 0 saturated heterocycles. The molecular weight excluding hydrogens is 226 g/mol. The van der Waals surface area contributed by atoms with Crippen LogP contribution in [0.1, 0.15) is 43.4 Å². The van der Waals surface area contributed by atoms with Crippen molar-refractivity contribution in [3.8, 4) is 11.5 Å². The molecule has 0 radical (unpaired) electrons. The van der Waals surface area contributed by atoms with Crippen molar-refractivity contribution >= 4 is 0 Å². The zero-order valence-corrected chi connectivity index (χ0v) is 12.0. The van der Waals surface area contributed by atoms with Gasteiger partial charge in [0.2, 0.25) is 0 Å². The van der Waals surface area contributed by atoms with Crippen molar-refractivity contribution in [3.63, 3.8) is 0 Å². The first-order valence-corrected chi connectivity index (χ1v) is 6.74. The average Bonchev–Trinajstić information content (AvgIpc) is 2.32. The minimum absolute atomic E-state index is 0.292. The van der Waals surface area contributed by atoms with E-state index in [0.29, 0.717) is 18.0 Å². The van der Waals surface area contributed by atoms with Crippen LogP contribution >= 0.6 is 0 Å². The third-order valence-corrected chi connectivity index (χ3v) is 3.31. The van der Waals surface area contributed by atoms with E-state index in [1.165, 1.54) is 0 Å². The third-order valence-electron chi connectivity index (χ3n) is 3.31. The molecule has 0 unspecified atom stereocenters. The number of phenols is 2. The highest BCUT2D eigenvalue weighted by atomic mass is 16.3. The summed E-state index contributed by atoms with van der Waals surface area (Å²) in [7, 11) is 0. The van der Waals surface area contributed by atoms with Gasteiger partial charge in [0.15, 0.2) is 0 Å². The van der Waals surface area contributed by atoms with Crippen molar-refractivity contribution in [2.45, 2.75) is 47.1 Å². The number of nitrogens with zero attached hydrogens (tertiary/aromatic N) is 1. The van der Waals surface area contributed by atoms with E-state index in [9.17, 15) is 10.2 Å². The number of benzene rings is 1. The topological polar surface area (TPSA) is 43.7 Å². The number of hydrogen-bond donors (Lipinski definition) is 2. The largest absolute Gasteiger partial charge is 0.508 e. The van der Waals surface area contributed by atoms with E-state index in [-0.39, 0.29) is 0 Å². The summed E-state index contributed by atoms with van der Waals surface area (Å²) in [4.78, 5) is 2.32. The van der Waals surface area contributed by atoms with Gasteiger partial charge in [-0.2, -0.15) is 0 Å². The maximum absolute atomic E-state index is 10.0. The molecule has 0 fully saturated rings. The van der Waals surface area contributed by atoms with Crippen LogP contribution < -0.4 is 0 Å². The van der Waals surface area contributed by atoms with Crippen LogP contribution in [0.25, 0.3) is 0 Å². The van der Waals surface area contributed by atoms with E-state index in [4.69, 9.17) is 0 Å². The summed E-state index contributed by atoms with van der Waals surface area (Å²) in [6.07, 6.45) is 2.19. The smallest absolute Gasteiger partial charge is 0.121 e. The highest BCUT2D eigenvalue weighted by Crippen LogP contribution is 2.32. The number of phenolic OH excluding ortho intramolecular Hbond substituents is 2. The second-order valence-electron chi connectivity index (χ2n) is 4.94. The maximum Gasteiger partial charge on any atom is 0.121 e. The Morgan fingerprint density at radius 1 is 1.06 bits per heavy atom. The summed E-state index contributed by atoms with van der Waals surface area (Å²) in [5.74, 6) is 0.593. The van der Waals surface area contributed by atoms with Gasteiger partial charge < -0.3 is 10.2 Å². The van der Waals surface area contributed by atoms with E-state index in [1.54, 1.807) is 6.07 Å². The molecule has 0 amide bonds. The van der Waals surface area contributed by atoms with Gasteiger partial charge in [0.25, 0.3) is 0 Å². The van der Waals surface area contributed by atoms with Gasteiger partial charge in [-0.3, -0.25) is 4.90 Å². The lowest BCUT2D eigenvalue weighted by atomic mass is 10.0. The first-order valence-electron chi connectivity index (χ1n) is 6.74. The zero-order valence-electron chi connectivity index (χ0n) is 12.0. The Labute approximate surface area is 110 Å². The molecule has 0 aromatic heterocycles. The highest BCUT2D eigenvalue weighted by molar-refractivity contribution is 5.51. The van der Waals surface area contributed by atoms with Crippen molar-refractivity contribution in [3.05, 3.63) is 22.8 Å². The minimum Gasteiger partial charge on any atom is -0.508 e. The molecular formula is C15H25NO2. The summed E-state index contributed by atoms with van der Waals surface area (Å²) >= 11 is 0. The van der Waals surface area contributed by atoms with Crippen LogP contribution in [0.4, 0.5) is 0 Å². The van der Waals surface area contributed by atoms with Crippen LogP contribution in [0.15, 0.2) is 6.07 Å². The lowest BCUT2D eigenvalue weighted by Gasteiger charge is -2.23. The Kier molecular flexibility index (Phi) is 5.48. The first-order chi connectivity index (χ1) is 8.51. The number of aryl methyl sites for hydroxylation is 1. The van der Waals surface area contributed by atoms with E-state index in [2.05, 4.69) is 18.7 Å². The van der Waals surface area contributed by atoms with E-state index in [1.807, 2.05) is 13.8 Å². The van der Waals surface area contributed by atoms with E-state index in [0.717, 1.165) is 42.6 Å². The Morgan fingerprint density at radius 2 is 1.61 bits per heavy atom. The molecule has 1 rings (SSSR count). The Morgan fingerprint density at radius 3 is 2.11 bits per heavy atom. The van der Waals surface area contributed by atoms with Gasteiger partial charge in [0.05, 0.1) is 0 Å². The van der Waals surface area contributed by atoms with Gasteiger partial charge >= 0.3 is 0 Å². The molecule has 1 aromatic carbocycles. The van der Waals surface area contributed by atoms with Gasteiger partial charge in [0.1, 0.15) is 11.5 Å². The average molecular weight is 251 g/mol. The summed E-state index contributed by atoms with van der Waals surface area (Å²) in [5.41, 5.74) is 2.37. The van der Waals surface area contributed by atoms with Crippen LogP contribution in [0.2, 0.25) is 0 Å². The monoisotopic (exact) mass is 251 g/mol. The van der Waals surface area contributed by atoms with Gasteiger partial charge in [-0.25, -0.2) is 0 Å². The fraction of sp³-hybridized carbons (Fsp3) is 0.600. The molecule has 1 aromatic rings. The van der Waals surface area contributed by atoms with Gasteiger partial charge in [-0.1, -0.05) is 13.8 Å². The van der Waals surface area contributed by atoms with Crippen LogP contribution in [0.5, 0.6) is 11.5 Å². The number of rotatable bonds is 6. The summed E-state index contributed by atoms with van der Waals surface area (Å²) in [6.45, 7) is 10.7. The van der Waals surface area contributed by atoms with Crippen LogP contribution in [0, 0.1) is 13.8 Å². The minimum atomic E-state index is 0.292. The molecule has 0 aliphatic carbocycles. The Balaban J connectivity index is 2.98. The standard InChI is InChI=1S/C15H25NO2/c1-5-7-16(8-6-2)10-13-12(4)15(18)11(3)9-14(13)17/h9,17-18H,5-8,10H2,1-4H3. The molecule has 2 N–H and O–H groups in total. The van der Waals surface area contributed by atoms with Gasteiger partial charge in [-0.05, 0) is 57.0 Å². The molecule has 0 atom stereocenters. The molecule has 0 aliphatic heterocycles. The van der Waals surface area contributed by atoms with Crippen molar-refractivity contribution in [2.24, 2.45) is 0 Å². The van der Waals surface area contributed by atoms with Crippen LogP contribution in [-0.4, -0.2) is 28.2 Å². The lowest BCUT2D eigenvalue weighted by Crippen LogP contribution is -2.25. The molecule has 0 heterocycles. The summed E-state index contributed by atoms with van der Waals surface area (Å²) in [6, 6.07) is 1.65. The van der Waals surface area contributed by atoms with E-state index >= 15 is 0 Å². The molecule has 3 heteroatoms. The van der Waals surface area contributed by atoms with E-state index < -0.39 is 0 Å². The molecule has 3 nitrogen and oxygen atoms in total. The second kappa shape index (κ2) is 6.64. The molecule has 0 bridgehead atoms. The molecule has 0 spiro atoms. The Bertz CT molecular complexity index is 396. The molecule has 102 valence electrons. The maximum atomic E-state index is 10.0. The fourth-order valence-electron chi connectivity index (χ4n) is 2.32. The highest BCUT2D eigenvalue weighted by Gasteiger charge is 2.14. The Hall–Kier alpha value is -1.22. The van der Waals surface area contributed by atoms with Crippen LogP contribution in [-0.2, 0) is 6.54 Å². The van der Waals surface area contributed by atoms with Gasteiger partial charge in [-0.15, -0.1) is 0 Å². The molecule has 0 saturated carbocycles.